The molecule has 0 radical (unpaired) electrons. The number of rotatable bonds is 4. The van der Waals surface area contributed by atoms with E-state index in [1.54, 1.807) is 16.8 Å². The molecule has 2 fully saturated rings. The van der Waals surface area contributed by atoms with E-state index in [0.29, 0.717) is 54.8 Å². The van der Waals surface area contributed by atoms with Gasteiger partial charge in [-0.05, 0) is 19.8 Å². The molecule has 3 aromatic heterocycles. The standard InChI is InChI=1S/C18H21ClN6O3S/c1-11-10-28-6-5-24(11)16-8-14(18(3-4-18)29(2,26)27)25-17(21-16)12(9-20-25)13-7-15(19)23-22-13/h7-9,11H,3-6,10H2,1-2H3,(H,22,23). The average molecular weight is 437 g/mol. The Morgan fingerprint density at radius 1 is 1.34 bits per heavy atom. The van der Waals surface area contributed by atoms with Gasteiger partial charge in [0.05, 0.1) is 42.4 Å². The Balaban J connectivity index is 1.76. The van der Waals surface area contributed by atoms with E-state index in [1.165, 1.54) is 6.26 Å². The van der Waals surface area contributed by atoms with Crippen LogP contribution in [0.3, 0.4) is 0 Å². The minimum atomic E-state index is -3.32. The molecule has 154 valence electrons. The minimum Gasteiger partial charge on any atom is -0.377 e. The number of aromatic nitrogens is 5. The van der Waals surface area contributed by atoms with Crippen molar-refractivity contribution in [2.75, 3.05) is 30.9 Å². The van der Waals surface area contributed by atoms with Gasteiger partial charge in [0.2, 0.25) is 0 Å². The molecule has 2 aliphatic rings. The minimum absolute atomic E-state index is 0.132. The number of halogens is 1. The number of fused-ring (bicyclic) bond motifs is 1. The predicted molar refractivity (Wildman–Crippen MR) is 109 cm³/mol. The van der Waals surface area contributed by atoms with Gasteiger partial charge in [0.1, 0.15) is 10.6 Å². The van der Waals surface area contributed by atoms with Crippen LogP contribution >= 0.6 is 11.6 Å². The molecule has 1 unspecified atom stereocenters. The Hall–Kier alpha value is -2.17. The van der Waals surface area contributed by atoms with Crippen molar-refractivity contribution in [3.63, 3.8) is 0 Å². The molecule has 0 aromatic carbocycles. The third kappa shape index (κ3) is 2.92. The lowest BCUT2D eigenvalue weighted by Crippen LogP contribution is -2.44. The number of anilines is 1. The van der Waals surface area contributed by atoms with Gasteiger partial charge in [-0.15, -0.1) is 0 Å². The first-order chi connectivity index (χ1) is 13.8. The third-order valence-electron chi connectivity index (χ3n) is 5.84. The first-order valence-electron chi connectivity index (χ1n) is 9.45. The van der Waals surface area contributed by atoms with Crippen molar-refractivity contribution in [2.24, 2.45) is 0 Å². The molecular formula is C18H21ClN6O3S. The smallest absolute Gasteiger partial charge is 0.167 e. The second-order valence-electron chi connectivity index (χ2n) is 7.78. The average Bonchev–Trinajstić information content (AvgIpc) is 3.23. The second-order valence-corrected chi connectivity index (χ2v) is 10.5. The Morgan fingerprint density at radius 2 is 2.14 bits per heavy atom. The summed E-state index contributed by atoms with van der Waals surface area (Å²) in [7, 11) is -3.32. The lowest BCUT2D eigenvalue weighted by molar-refractivity contribution is 0.0985. The Morgan fingerprint density at radius 3 is 2.76 bits per heavy atom. The molecule has 29 heavy (non-hydrogen) atoms. The van der Waals surface area contributed by atoms with Gasteiger partial charge in [-0.25, -0.2) is 17.9 Å². The van der Waals surface area contributed by atoms with Crippen molar-refractivity contribution in [1.82, 2.24) is 24.8 Å². The van der Waals surface area contributed by atoms with Crippen LogP contribution in [0.15, 0.2) is 18.3 Å². The van der Waals surface area contributed by atoms with E-state index in [0.717, 1.165) is 11.4 Å². The predicted octanol–water partition coefficient (Wildman–Crippen LogP) is 2.03. The molecule has 0 bridgehead atoms. The van der Waals surface area contributed by atoms with Crippen molar-refractivity contribution in [3.05, 3.63) is 29.2 Å². The lowest BCUT2D eigenvalue weighted by atomic mass is 10.2. The quantitative estimate of drug-likeness (QED) is 0.666. The fraction of sp³-hybridized carbons (Fsp3) is 0.500. The maximum atomic E-state index is 12.7. The zero-order valence-electron chi connectivity index (χ0n) is 16.1. The number of nitrogens with zero attached hydrogens (tertiary/aromatic N) is 5. The number of nitrogens with one attached hydrogen (secondary N) is 1. The molecule has 11 heteroatoms. The number of aromatic amines is 1. The fourth-order valence-electron chi connectivity index (χ4n) is 4.04. The van der Waals surface area contributed by atoms with Crippen molar-refractivity contribution in [3.8, 4) is 11.3 Å². The molecule has 4 heterocycles. The molecule has 1 aliphatic heterocycles. The summed E-state index contributed by atoms with van der Waals surface area (Å²) in [6.07, 6.45) is 4.12. The topological polar surface area (TPSA) is 105 Å². The van der Waals surface area contributed by atoms with Crippen molar-refractivity contribution >= 4 is 32.9 Å². The number of ether oxygens (including phenoxy) is 1. The molecule has 5 rings (SSSR count). The summed E-state index contributed by atoms with van der Waals surface area (Å²) in [5.41, 5.74) is 2.62. The molecule has 0 spiro atoms. The van der Waals surface area contributed by atoms with E-state index in [9.17, 15) is 8.42 Å². The summed E-state index contributed by atoms with van der Waals surface area (Å²) in [6, 6.07) is 3.71. The van der Waals surface area contributed by atoms with Gasteiger partial charge in [0.15, 0.2) is 20.6 Å². The van der Waals surface area contributed by atoms with Gasteiger partial charge < -0.3 is 9.64 Å². The Kier molecular flexibility index (Phi) is 4.17. The van der Waals surface area contributed by atoms with E-state index in [2.05, 4.69) is 27.1 Å². The van der Waals surface area contributed by atoms with Crippen LogP contribution in [0.5, 0.6) is 0 Å². The summed E-state index contributed by atoms with van der Waals surface area (Å²) in [4.78, 5) is 7.02. The maximum Gasteiger partial charge on any atom is 0.167 e. The Labute approximate surface area is 172 Å². The zero-order chi connectivity index (χ0) is 20.4. The molecule has 1 saturated heterocycles. The molecule has 1 aliphatic carbocycles. The van der Waals surface area contributed by atoms with Gasteiger partial charge in [0.25, 0.3) is 0 Å². The SMILES string of the molecule is CC1COCCN1c1cc(C2(S(C)(=O)=O)CC2)n2ncc(-c3cc(Cl)n[nH]3)c2n1. The van der Waals surface area contributed by atoms with Crippen molar-refractivity contribution < 1.29 is 13.2 Å². The highest BCUT2D eigenvalue weighted by atomic mass is 35.5. The van der Waals surface area contributed by atoms with Crippen LogP contribution in [0.2, 0.25) is 5.15 Å². The van der Waals surface area contributed by atoms with Crippen LogP contribution in [0.1, 0.15) is 25.5 Å². The zero-order valence-corrected chi connectivity index (χ0v) is 17.7. The van der Waals surface area contributed by atoms with Crippen LogP contribution < -0.4 is 4.90 Å². The van der Waals surface area contributed by atoms with Crippen LogP contribution in [0.25, 0.3) is 16.9 Å². The number of H-pyrrole nitrogens is 1. The molecule has 3 aromatic rings. The van der Waals surface area contributed by atoms with Crippen LogP contribution in [0.4, 0.5) is 5.82 Å². The summed E-state index contributed by atoms with van der Waals surface area (Å²) < 4.78 is 31.6. The van der Waals surface area contributed by atoms with Gasteiger partial charge >= 0.3 is 0 Å². The van der Waals surface area contributed by atoms with Crippen LogP contribution in [0, 0.1) is 0 Å². The molecule has 9 nitrogen and oxygen atoms in total. The summed E-state index contributed by atoms with van der Waals surface area (Å²) >= 11 is 5.98. The number of morpholine rings is 1. The number of hydrogen-bond acceptors (Lipinski definition) is 7. The Bertz CT molecular complexity index is 1200. The van der Waals surface area contributed by atoms with Crippen LogP contribution in [-0.4, -0.2) is 65.3 Å². The fourth-order valence-corrected chi connectivity index (χ4v) is 5.57. The molecule has 0 amide bonds. The number of sulfone groups is 1. The summed E-state index contributed by atoms with van der Waals surface area (Å²) in [5.74, 6) is 0.727. The molecular weight excluding hydrogens is 416 g/mol. The van der Waals surface area contributed by atoms with Gasteiger partial charge in [-0.1, -0.05) is 11.6 Å². The highest BCUT2D eigenvalue weighted by Crippen LogP contribution is 2.53. The molecule has 1 N–H and O–H groups in total. The molecule has 1 saturated carbocycles. The first-order valence-corrected chi connectivity index (χ1v) is 11.7. The largest absolute Gasteiger partial charge is 0.377 e. The van der Waals surface area contributed by atoms with Crippen molar-refractivity contribution in [2.45, 2.75) is 30.6 Å². The van der Waals surface area contributed by atoms with Crippen LogP contribution in [-0.2, 0) is 19.3 Å². The summed E-state index contributed by atoms with van der Waals surface area (Å²) in [5, 5.41) is 11.7. The highest BCUT2D eigenvalue weighted by Gasteiger charge is 2.56. The monoisotopic (exact) mass is 436 g/mol. The number of hydrogen-bond donors (Lipinski definition) is 1. The highest BCUT2D eigenvalue weighted by molar-refractivity contribution is 7.91. The first kappa shape index (κ1) is 18.8. The second kappa shape index (κ2) is 6.41. The maximum absolute atomic E-state index is 12.7. The third-order valence-corrected chi connectivity index (χ3v) is 8.07. The van der Waals surface area contributed by atoms with E-state index in [4.69, 9.17) is 21.3 Å². The molecule has 1 atom stereocenters. The van der Waals surface area contributed by atoms with Gasteiger partial charge in [-0.2, -0.15) is 10.2 Å². The van der Waals surface area contributed by atoms with E-state index >= 15 is 0 Å². The lowest BCUT2D eigenvalue weighted by Gasteiger charge is -2.34. The summed E-state index contributed by atoms with van der Waals surface area (Å²) in [6.45, 7) is 3.96. The van der Waals surface area contributed by atoms with E-state index in [-0.39, 0.29) is 6.04 Å². The van der Waals surface area contributed by atoms with E-state index < -0.39 is 14.6 Å². The van der Waals surface area contributed by atoms with E-state index in [1.807, 2.05) is 6.07 Å². The normalized spacial score (nSPS) is 21.6. The van der Waals surface area contributed by atoms with Gasteiger partial charge in [0, 0.05) is 24.9 Å². The van der Waals surface area contributed by atoms with Crippen molar-refractivity contribution in [1.29, 1.82) is 0 Å². The van der Waals surface area contributed by atoms with Gasteiger partial charge in [-0.3, -0.25) is 5.10 Å².